The van der Waals surface area contributed by atoms with E-state index in [9.17, 15) is 4.39 Å². The van der Waals surface area contributed by atoms with E-state index < -0.39 is 0 Å². The summed E-state index contributed by atoms with van der Waals surface area (Å²) >= 11 is 0. The first kappa shape index (κ1) is 12.4. The molecule has 0 aromatic heterocycles. The van der Waals surface area contributed by atoms with E-state index in [0.29, 0.717) is 11.8 Å². The summed E-state index contributed by atoms with van der Waals surface area (Å²) < 4.78 is 18.3. The van der Waals surface area contributed by atoms with Gasteiger partial charge in [0.1, 0.15) is 0 Å². The summed E-state index contributed by atoms with van der Waals surface area (Å²) in [7, 11) is 1.48. The van der Waals surface area contributed by atoms with Crippen LogP contribution in [0.25, 0.3) is 0 Å². The molecule has 0 amide bonds. The maximum Gasteiger partial charge on any atom is 0.165 e. The second-order valence-electron chi connectivity index (χ2n) is 4.74. The molecule has 1 N–H and O–H groups in total. The van der Waals surface area contributed by atoms with E-state index in [1.165, 1.54) is 26.4 Å². The number of hydrogen-bond donors (Lipinski definition) is 1. The fourth-order valence-electron chi connectivity index (χ4n) is 2.26. The fourth-order valence-corrected chi connectivity index (χ4v) is 2.26. The standard InChI is InChI=1S/C14H20FNO/c1-3-4-11-8-13(11)16-9-10-5-6-14(17-2)12(15)7-10/h5-7,11,13,16H,3-4,8-9H2,1-2H3. The van der Waals surface area contributed by atoms with Crippen molar-refractivity contribution in [2.75, 3.05) is 7.11 Å². The Bertz CT molecular complexity index is 380. The van der Waals surface area contributed by atoms with E-state index >= 15 is 0 Å². The Balaban J connectivity index is 1.82. The summed E-state index contributed by atoms with van der Waals surface area (Å²) in [6.07, 6.45) is 3.82. The lowest BCUT2D eigenvalue weighted by Crippen LogP contribution is -2.17. The van der Waals surface area contributed by atoms with Crippen LogP contribution in [0.2, 0.25) is 0 Å². The van der Waals surface area contributed by atoms with Crippen LogP contribution in [-0.4, -0.2) is 13.2 Å². The topological polar surface area (TPSA) is 21.3 Å². The van der Waals surface area contributed by atoms with Crippen molar-refractivity contribution in [1.82, 2.24) is 5.32 Å². The number of benzene rings is 1. The zero-order valence-corrected chi connectivity index (χ0v) is 10.5. The number of ether oxygens (including phenoxy) is 1. The number of halogens is 1. The van der Waals surface area contributed by atoms with Gasteiger partial charge in [0.05, 0.1) is 7.11 Å². The molecule has 0 saturated heterocycles. The van der Waals surface area contributed by atoms with Crippen LogP contribution >= 0.6 is 0 Å². The summed E-state index contributed by atoms with van der Waals surface area (Å²) in [5.74, 6) is 0.861. The third-order valence-corrected chi connectivity index (χ3v) is 3.37. The van der Waals surface area contributed by atoms with Crippen molar-refractivity contribution < 1.29 is 9.13 Å². The summed E-state index contributed by atoms with van der Waals surface area (Å²) in [5, 5.41) is 3.46. The second-order valence-corrected chi connectivity index (χ2v) is 4.74. The first-order valence-electron chi connectivity index (χ1n) is 6.30. The van der Waals surface area contributed by atoms with Crippen LogP contribution in [0.1, 0.15) is 31.7 Å². The molecule has 2 nitrogen and oxygen atoms in total. The monoisotopic (exact) mass is 237 g/mol. The largest absolute Gasteiger partial charge is 0.494 e. The smallest absolute Gasteiger partial charge is 0.165 e. The highest BCUT2D eigenvalue weighted by Crippen LogP contribution is 2.34. The van der Waals surface area contributed by atoms with E-state index in [1.807, 2.05) is 6.07 Å². The number of nitrogens with one attached hydrogen (secondary N) is 1. The molecule has 3 heteroatoms. The number of rotatable bonds is 6. The van der Waals surface area contributed by atoms with Crippen molar-refractivity contribution in [3.05, 3.63) is 29.6 Å². The normalized spacial score (nSPS) is 22.5. The molecule has 0 bridgehead atoms. The lowest BCUT2D eigenvalue weighted by molar-refractivity contribution is 0.386. The van der Waals surface area contributed by atoms with Crippen molar-refractivity contribution in [3.8, 4) is 5.75 Å². The molecule has 0 spiro atoms. The molecule has 1 aliphatic rings. The van der Waals surface area contributed by atoms with Gasteiger partial charge in [0.2, 0.25) is 0 Å². The van der Waals surface area contributed by atoms with Crippen molar-refractivity contribution in [2.24, 2.45) is 5.92 Å². The Morgan fingerprint density at radius 3 is 2.94 bits per heavy atom. The maximum atomic E-state index is 13.4. The molecule has 1 saturated carbocycles. The average molecular weight is 237 g/mol. The Morgan fingerprint density at radius 1 is 1.47 bits per heavy atom. The van der Waals surface area contributed by atoms with E-state index in [4.69, 9.17) is 4.74 Å². The van der Waals surface area contributed by atoms with Gasteiger partial charge in [0.25, 0.3) is 0 Å². The van der Waals surface area contributed by atoms with Crippen molar-refractivity contribution in [2.45, 2.75) is 38.8 Å². The van der Waals surface area contributed by atoms with Gasteiger partial charge in [-0.3, -0.25) is 0 Å². The van der Waals surface area contributed by atoms with Gasteiger partial charge in [-0.2, -0.15) is 0 Å². The lowest BCUT2D eigenvalue weighted by atomic mass is 10.2. The zero-order chi connectivity index (χ0) is 12.3. The SMILES string of the molecule is CCCC1CC1NCc1ccc(OC)c(F)c1. The Labute approximate surface area is 102 Å². The molecule has 2 rings (SSSR count). The van der Waals surface area contributed by atoms with Gasteiger partial charge in [-0.05, 0) is 36.5 Å². The third kappa shape index (κ3) is 3.19. The van der Waals surface area contributed by atoms with Gasteiger partial charge in [0, 0.05) is 12.6 Å². The minimum Gasteiger partial charge on any atom is -0.494 e. The fraction of sp³-hybridized carbons (Fsp3) is 0.571. The minimum absolute atomic E-state index is 0.285. The van der Waals surface area contributed by atoms with Crippen molar-refractivity contribution in [1.29, 1.82) is 0 Å². The predicted molar refractivity (Wildman–Crippen MR) is 66.6 cm³/mol. The number of hydrogen-bond acceptors (Lipinski definition) is 2. The van der Waals surface area contributed by atoms with Crippen LogP contribution in [0, 0.1) is 11.7 Å². The molecule has 94 valence electrons. The molecule has 1 aliphatic carbocycles. The molecule has 1 fully saturated rings. The van der Waals surface area contributed by atoms with Crippen LogP contribution in [-0.2, 0) is 6.54 Å². The van der Waals surface area contributed by atoms with Gasteiger partial charge in [-0.25, -0.2) is 4.39 Å². The van der Waals surface area contributed by atoms with Gasteiger partial charge >= 0.3 is 0 Å². The average Bonchev–Trinajstić information content (AvgIpc) is 3.06. The molecule has 2 unspecified atom stereocenters. The van der Waals surface area contributed by atoms with Gasteiger partial charge < -0.3 is 10.1 Å². The van der Waals surface area contributed by atoms with Gasteiger partial charge in [0.15, 0.2) is 11.6 Å². The second kappa shape index (κ2) is 5.50. The molecule has 0 radical (unpaired) electrons. The highest BCUT2D eigenvalue weighted by atomic mass is 19.1. The quantitative estimate of drug-likeness (QED) is 0.820. The molecular formula is C14H20FNO. The minimum atomic E-state index is -0.285. The zero-order valence-electron chi connectivity index (χ0n) is 10.5. The highest BCUT2D eigenvalue weighted by molar-refractivity contribution is 5.29. The van der Waals surface area contributed by atoms with Crippen LogP contribution in [0.15, 0.2) is 18.2 Å². The molecular weight excluding hydrogens is 217 g/mol. The summed E-state index contributed by atoms with van der Waals surface area (Å²) in [5.41, 5.74) is 0.977. The number of methoxy groups -OCH3 is 1. The first-order chi connectivity index (χ1) is 8.24. The summed E-state index contributed by atoms with van der Waals surface area (Å²) in [6.45, 7) is 2.96. The van der Waals surface area contributed by atoms with Crippen molar-refractivity contribution in [3.63, 3.8) is 0 Å². The van der Waals surface area contributed by atoms with E-state index in [1.54, 1.807) is 12.1 Å². The van der Waals surface area contributed by atoms with E-state index in [0.717, 1.165) is 18.0 Å². The van der Waals surface area contributed by atoms with Crippen molar-refractivity contribution >= 4 is 0 Å². The maximum absolute atomic E-state index is 13.4. The molecule has 2 atom stereocenters. The lowest BCUT2D eigenvalue weighted by Gasteiger charge is -2.06. The summed E-state index contributed by atoms with van der Waals surface area (Å²) in [6, 6.07) is 5.78. The predicted octanol–water partition coefficient (Wildman–Crippen LogP) is 3.11. The van der Waals surface area contributed by atoms with Crippen LogP contribution in [0.5, 0.6) is 5.75 Å². The molecule has 0 heterocycles. The molecule has 17 heavy (non-hydrogen) atoms. The molecule has 1 aromatic carbocycles. The highest BCUT2D eigenvalue weighted by Gasteiger charge is 2.35. The van der Waals surface area contributed by atoms with Gasteiger partial charge in [-0.1, -0.05) is 19.4 Å². The van der Waals surface area contributed by atoms with Gasteiger partial charge in [-0.15, -0.1) is 0 Å². The first-order valence-corrected chi connectivity index (χ1v) is 6.30. The molecule has 1 aromatic rings. The molecule has 0 aliphatic heterocycles. The summed E-state index contributed by atoms with van der Waals surface area (Å²) in [4.78, 5) is 0. The van der Waals surface area contributed by atoms with Crippen LogP contribution in [0.3, 0.4) is 0 Å². The Morgan fingerprint density at radius 2 is 2.29 bits per heavy atom. The van der Waals surface area contributed by atoms with Crippen LogP contribution in [0.4, 0.5) is 4.39 Å². The third-order valence-electron chi connectivity index (χ3n) is 3.37. The van der Waals surface area contributed by atoms with E-state index in [2.05, 4.69) is 12.2 Å². The Hall–Kier alpha value is -1.09. The van der Waals surface area contributed by atoms with E-state index in [-0.39, 0.29) is 5.82 Å². The Kier molecular flexibility index (Phi) is 4.00. The van der Waals surface area contributed by atoms with Crippen LogP contribution < -0.4 is 10.1 Å².